The van der Waals surface area contributed by atoms with Crippen LogP contribution in [0.25, 0.3) is 0 Å². The van der Waals surface area contributed by atoms with E-state index in [2.05, 4.69) is 6.58 Å². The largest absolute Gasteiger partial charge is 0.378 e. The van der Waals surface area contributed by atoms with E-state index < -0.39 is 0 Å². The molecule has 1 fully saturated rings. The molecular weight excluding hydrogens is 153 g/mol. The molecule has 1 heterocycles. The molecular formula is C7H11NNaO2. The first-order valence-corrected chi connectivity index (χ1v) is 3.33. The number of hydrogen-bond acceptors (Lipinski definition) is 2. The van der Waals surface area contributed by atoms with Gasteiger partial charge in [0.2, 0.25) is 5.91 Å². The van der Waals surface area contributed by atoms with E-state index in [1.165, 1.54) is 6.08 Å². The van der Waals surface area contributed by atoms with Gasteiger partial charge >= 0.3 is 0 Å². The summed E-state index contributed by atoms with van der Waals surface area (Å²) in [6.07, 6.45) is 1.34. The maximum Gasteiger partial charge on any atom is 0.246 e. The van der Waals surface area contributed by atoms with E-state index >= 15 is 0 Å². The summed E-state index contributed by atoms with van der Waals surface area (Å²) >= 11 is 0. The van der Waals surface area contributed by atoms with Crippen LogP contribution in [0, 0.1) is 0 Å². The van der Waals surface area contributed by atoms with Crippen molar-refractivity contribution in [3.05, 3.63) is 12.7 Å². The number of amides is 1. The van der Waals surface area contributed by atoms with Crippen molar-refractivity contribution in [2.75, 3.05) is 26.3 Å². The molecule has 0 saturated carbocycles. The Bertz CT molecular complexity index is 143. The minimum atomic E-state index is 0. The Hall–Kier alpha value is 0.170. The van der Waals surface area contributed by atoms with Crippen LogP contribution in [0.2, 0.25) is 0 Å². The molecule has 1 rings (SSSR count). The Morgan fingerprint density at radius 1 is 1.45 bits per heavy atom. The second-order valence-electron chi connectivity index (χ2n) is 2.14. The van der Waals surface area contributed by atoms with E-state index in [4.69, 9.17) is 4.74 Å². The van der Waals surface area contributed by atoms with Crippen molar-refractivity contribution >= 4 is 35.5 Å². The topological polar surface area (TPSA) is 29.5 Å². The summed E-state index contributed by atoms with van der Waals surface area (Å²) < 4.78 is 5.07. The van der Waals surface area contributed by atoms with Crippen LogP contribution in [0.5, 0.6) is 0 Å². The molecule has 1 aliphatic heterocycles. The van der Waals surface area contributed by atoms with Gasteiger partial charge in [-0.2, -0.15) is 0 Å². The summed E-state index contributed by atoms with van der Waals surface area (Å²) in [4.78, 5) is 12.7. The van der Waals surface area contributed by atoms with Crippen molar-refractivity contribution in [1.29, 1.82) is 0 Å². The van der Waals surface area contributed by atoms with Crippen LogP contribution in [0.4, 0.5) is 0 Å². The van der Waals surface area contributed by atoms with E-state index in [0.717, 1.165) is 0 Å². The van der Waals surface area contributed by atoms with Gasteiger partial charge < -0.3 is 9.64 Å². The summed E-state index contributed by atoms with van der Waals surface area (Å²) in [5, 5.41) is 0. The molecule has 0 spiro atoms. The average Bonchev–Trinajstić information content (AvgIpc) is 2.05. The number of ether oxygens (including phenoxy) is 1. The molecule has 4 heteroatoms. The zero-order valence-electron chi connectivity index (χ0n) is 6.88. The van der Waals surface area contributed by atoms with E-state index in [1.54, 1.807) is 4.90 Å². The summed E-state index contributed by atoms with van der Waals surface area (Å²) in [6, 6.07) is 0. The van der Waals surface area contributed by atoms with Crippen LogP contribution >= 0.6 is 0 Å². The Balaban J connectivity index is 0.000001000. The quantitative estimate of drug-likeness (QED) is 0.391. The van der Waals surface area contributed by atoms with Crippen molar-refractivity contribution in [2.24, 2.45) is 0 Å². The van der Waals surface area contributed by atoms with Crippen molar-refractivity contribution in [3.63, 3.8) is 0 Å². The molecule has 3 nitrogen and oxygen atoms in total. The number of nitrogens with zero attached hydrogens (tertiary/aromatic N) is 1. The third-order valence-electron chi connectivity index (χ3n) is 1.50. The van der Waals surface area contributed by atoms with Crippen LogP contribution < -0.4 is 0 Å². The van der Waals surface area contributed by atoms with Gasteiger partial charge in [-0.05, 0) is 6.08 Å². The molecule has 0 aliphatic carbocycles. The summed E-state index contributed by atoms with van der Waals surface area (Å²) in [5.41, 5.74) is 0. The van der Waals surface area contributed by atoms with Crippen LogP contribution in [0.1, 0.15) is 0 Å². The molecule has 0 aromatic rings. The molecule has 1 saturated heterocycles. The molecule has 0 bridgehead atoms. The van der Waals surface area contributed by atoms with Crippen LogP contribution in [0.3, 0.4) is 0 Å². The van der Waals surface area contributed by atoms with Gasteiger partial charge in [0.25, 0.3) is 0 Å². The molecule has 1 radical (unpaired) electrons. The second kappa shape index (κ2) is 5.77. The van der Waals surface area contributed by atoms with Gasteiger partial charge in [0.05, 0.1) is 13.2 Å². The smallest absolute Gasteiger partial charge is 0.246 e. The molecule has 0 atom stereocenters. The number of carbonyl (C=O) groups excluding carboxylic acids is 1. The van der Waals surface area contributed by atoms with E-state index in [0.29, 0.717) is 26.3 Å². The van der Waals surface area contributed by atoms with Gasteiger partial charge in [-0.3, -0.25) is 4.79 Å². The Morgan fingerprint density at radius 3 is 2.45 bits per heavy atom. The third-order valence-corrected chi connectivity index (χ3v) is 1.50. The predicted octanol–water partition coefficient (Wildman–Crippen LogP) is -0.350. The number of rotatable bonds is 1. The van der Waals surface area contributed by atoms with Gasteiger partial charge in [0.15, 0.2) is 0 Å². The van der Waals surface area contributed by atoms with Crippen LogP contribution in [-0.4, -0.2) is 66.7 Å². The SMILES string of the molecule is C=CC(=O)N1CCOCC1.[Na]. The maximum absolute atomic E-state index is 10.9. The van der Waals surface area contributed by atoms with Gasteiger partial charge in [-0.15, -0.1) is 0 Å². The molecule has 0 aromatic heterocycles. The first-order valence-electron chi connectivity index (χ1n) is 3.33. The number of carbonyl (C=O) groups is 1. The van der Waals surface area contributed by atoms with E-state index in [9.17, 15) is 4.79 Å². The van der Waals surface area contributed by atoms with Crippen molar-refractivity contribution in [3.8, 4) is 0 Å². The fourth-order valence-electron chi connectivity index (χ4n) is 0.913. The molecule has 11 heavy (non-hydrogen) atoms. The van der Waals surface area contributed by atoms with Crippen molar-refractivity contribution in [1.82, 2.24) is 4.90 Å². The molecule has 1 amide bonds. The fourth-order valence-corrected chi connectivity index (χ4v) is 0.913. The summed E-state index contributed by atoms with van der Waals surface area (Å²) in [7, 11) is 0. The minimum absolute atomic E-state index is 0. The molecule has 0 N–H and O–H groups in total. The first-order chi connectivity index (χ1) is 4.84. The van der Waals surface area contributed by atoms with Crippen molar-refractivity contribution in [2.45, 2.75) is 0 Å². The minimum Gasteiger partial charge on any atom is -0.378 e. The zero-order chi connectivity index (χ0) is 7.40. The summed E-state index contributed by atoms with van der Waals surface area (Å²) in [5.74, 6) is 0.00306. The Labute approximate surface area is 88.7 Å². The number of morpholine rings is 1. The monoisotopic (exact) mass is 164 g/mol. The van der Waals surface area contributed by atoms with Gasteiger partial charge in [0.1, 0.15) is 0 Å². The zero-order valence-corrected chi connectivity index (χ0v) is 8.88. The van der Waals surface area contributed by atoms with Gasteiger partial charge in [-0.25, -0.2) is 0 Å². The molecule has 0 aromatic carbocycles. The Morgan fingerprint density at radius 2 is 2.00 bits per heavy atom. The van der Waals surface area contributed by atoms with E-state index in [-0.39, 0.29) is 35.5 Å². The maximum atomic E-state index is 10.9. The Kier molecular flexibility index (Phi) is 5.86. The summed E-state index contributed by atoms with van der Waals surface area (Å²) in [6.45, 7) is 6.11. The van der Waals surface area contributed by atoms with Gasteiger partial charge in [0, 0.05) is 42.6 Å². The van der Waals surface area contributed by atoms with Gasteiger partial charge in [-0.1, -0.05) is 6.58 Å². The van der Waals surface area contributed by atoms with Crippen molar-refractivity contribution < 1.29 is 9.53 Å². The van der Waals surface area contributed by atoms with E-state index in [1.807, 2.05) is 0 Å². The standard InChI is InChI=1S/C7H11NO2.Na/c1-2-7(9)8-3-5-10-6-4-8;/h2H,1,3-6H2;. The number of hydrogen-bond donors (Lipinski definition) is 0. The van der Waals surface area contributed by atoms with Crippen LogP contribution in [-0.2, 0) is 9.53 Å². The normalized spacial score (nSPS) is 16.9. The predicted molar refractivity (Wildman–Crippen MR) is 43.4 cm³/mol. The third kappa shape index (κ3) is 3.38. The molecule has 0 unspecified atom stereocenters. The fraction of sp³-hybridized carbons (Fsp3) is 0.571. The molecule has 1 aliphatic rings. The second-order valence-corrected chi connectivity index (χ2v) is 2.14. The average molecular weight is 164 g/mol. The molecule has 57 valence electrons. The first kappa shape index (κ1) is 11.2. The van der Waals surface area contributed by atoms with Crippen LogP contribution in [0.15, 0.2) is 12.7 Å².